The van der Waals surface area contributed by atoms with Crippen LogP contribution in [0.5, 0.6) is 0 Å². The lowest BCUT2D eigenvalue weighted by Crippen LogP contribution is -2.39. The molecule has 23 heavy (non-hydrogen) atoms. The van der Waals surface area contributed by atoms with Crippen molar-refractivity contribution in [1.82, 2.24) is 0 Å². The molecule has 122 valence electrons. The summed E-state index contributed by atoms with van der Waals surface area (Å²) in [6, 6.07) is 5.00. The van der Waals surface area contributed by atoms with E-state index in [4.69, 9.17) is 15.9 Å². The number of carbonyl (C=O) groups excluding carboxylic acids is 1. The van der Waals surface area contributed by atoms with Crippen LogP contribution in [-0.2, 0) is 26.9 Å². The van der Waals surface area contributed by atoms with Gasteiger partial charge in [-0.1, -0.05) is 18.1 Å². The van der Waals surface area contributed by atoms with Crippen LogP contribution in [0.1, 0.15) is 30.4 Å². The highest BCUT2D eigenvalue weighted by Gasteiger charge is 2.53. The van der Waals surface area contributed by atoms with E-state index in [1.165, 1.54) is 12.1 Å². The Balaban J connectivity index is 1.67. The summed E-state index contributed by atoms with van der Waals surface area (Å²) in [7, 11) is 0. The van der Waals surface area contributed by atoms with E-state index >= 15 is 0 Å². The number of ether oxygens (including phenoxy) is 2. The third kappa shape index (κ3) is 3.12. The molecule has 2 aliphatic rings. The Labute approximate surface area is 131 Å². The summed E-state index contributed by atoms with van der Waals surface area (Å²) >= 11 is 0. The van der Waals surface area contributed by atoms with Crippen LogP contribution in [0.25, 0.3) is 0 Å². The summed E-state index contributed by atoms with van der Waals surface area (Å²) in [5.41, 5.74) is 0.0701. The molecule has 1 aromatic carbocycles. The highest BCUT2D eigenvalue weighted by molar-refractivity contribution is 5.85. The van der Waals surface area contributed by atoms with E-state index in [0.29, 0.717) is 25.7 Å². The molecule has 0 aromatic heterocycles. The van der Waals surface area contributed by atoms with Gasteiger partial charge in [0.05, 0.1) is 5.56 Å². The van der Waals surface area contributed by atoms with Gasteiger partial charge in [-0.2, -0.15) is 13.2 Å². The highest BCUT2D eigenvalue weighted by atomic mass is 19.4. The number of aryl methyl sites for hydroxylation is 1. The van der Waals surface area contributed by atoms with Gasteiger partial charge in [-0.15, -0.1) is 6.42 Å². The molecule has 3 rings (SSSR count). The summed E-state index contributed by atoms with van der Waals surface area (Å²) in [6.45, 7) is 0. The molecule has 0 saturated carbocycles. The summed E-state index contributed by atoms with van der Waals surface area (Å²) < 4.78 is 49.1. The third-order valence-electron chi connectivity index (χ3n) is 4.27. The number of hydrogen-bond acceptors (Lipinski definition) is 3. The molecule has 0 amide bonds. The van der Waals surface area contributed by atoms with E-state index < -0.39 is 29.7 Å². The van der Waals surface area contributed by atoms with Gasteiger partial charge in [0.25, 0.3) is 0 Å². The first-order valence-corrected chi connectivity index (χ1v) is 7.34. The lowest BCUT2D eigenvalue weighted by molar-refractivity contribution is -0.195. The van der Waals surface area contributed by atoms with Gasteiger partial charge in [0.2, 0.25) is 0 Å². The Bertz CT molecular complexity index is 645. The van der Waals surface area contributed by atoms with Crippen molar-refractivity contribution in [1.29, 1.82) is 0 Å². The van der Waals surface area contributed by atoms with Crippen LogP contribution in [0, 0.1) is 12.3 Å². The Kier molecular flexibility index (Phi) is 3.95. The molecule has 1 aromatic rings. The number of fused-ring (bicyclic) bond motifs is 2. The minimum absolute atomic E-state index is 0.0596. The molecule has 2 heterocycles. The quantitative estimate of drug-likeness (QED) is 0.802. The first kappa shape index (κ1) is 16.0. The zero-order chi connectivity index (χ0) is 16.7. The molecule has 2 fully saturated rings. The number of rotatable bonds is 3. The van der Waals surface area contributed by atoms with Crippen LogP contribution in [0.3, 0.4) is 0 Å². The zero-order valence-electron chi connectivity index (χ0n) is 12.2. The van der Waals surface area contributed by atoms with Gasteiger partial charge in [0.1, 0.15) is 0 Å². The molecule has 0 radical (unpaired) electrons. The molecule has 3 atom stereocenters. The van der Waals surface area contributed by atoms with Crippen LogP contribution in [-0.4, -0.2) is 23.8 Å². The normalized spacial score (nSPS) is 30.3. The van der Waals surface area contributed by atoms with E-state index in [2.05, 4.69) is 5.92 Å². The van der Waals surface area contributed by atoms with Gasteiger partial charge in [-0.05, 0) is 24.1 Å². The van der Waals surface area contributed by atoms with Gasteiger partial charge < -0.3 is 9.47 Å². The minimum Gasteiger partial charge on any atom is -0.335 e. The summed E-state index contributed by atoms with van der Waals surface area (Å²) in [6.07, 6.45) is 1.30. The first-order chi connectivity index (χ1) is 10.8. The maximum atomic E-state index is 12.5. The fraction of sp³-hybridized carbons (Fsp3) is 0.471. The van der Waals surface area contributed by atoms with Crippen LogP contribution < -0.4 is 0 Å². The van der Waals surface area contributed by atoms with Crippen LogP contribution in [0.15, 0.2) is 24.3 Å². The predicted octanol–water partition coefficient (Wildman–Crippen LogP) is 3.11. The highest BCUT2D eigenvalue weighted by Crippen LogP contribution is 2.41. The molecule has 2 saturated heterocycles. The first-order valence-electron chi connectivity index (χ1n) is 7.34. The number of ketones is 1. The number of alkyl halides is 3. The van der Waals surface area contributed by atoms with Crippen LogP contribution in [0.4, 0.5) is 13.2 Å². The molecule has 2 aliphatic heterocycles. The Morgan fingerprint density at radius 3 is 2.57 bits per heavy atom. The van der Waals surface area contributed by atoms with Gasteiger partial charge in [0, 0.05) is 19.3 Å². The molecule has 0 spiro atoms. The molecular weight excluding hydrogens is 309 g/mol. The number of halogens is 3. The van der Waals surface area contributed by atoms with Crippen molar-refractivity contribution >= 4 is 5.78 Å². The molecule has 0 unspecified atom stereocenters. The molecule has 3 nitrogen and oxygen atoms in total. The average molecular weight is 324 g/mol. The van der Waals surface area contributed by atoms with Crippen molar-refractivity contribution in [2.24, 2.45) is 0 Å². The van der Waals surface area contributed by atoms with Gasteiger partial charge >= 0.3 is 6.18 Å². The van der Waals surface area contributed by atoms with Crippen molar-refractivity contribution in [2.75, 3.05) is 0 Å². The smallest absolute Gasteiger partial charge is 0.335 e. The Morgan fingerprint density at radius 1 is 1.26 bits per heavy atom. The molecule has 2 bridgehead atoms. The number of carbonyl (C=O) groups is 1. The van der Waals surface area contributed by atoms with E-state index in [9.17, 15) is 18.0 Å². The van der Waals surface area contributed by atoms with E-state index in [0.717, 1.165) is 17.7 Å². The Morgan fingerprint density at radius 2 is 1.96 bits per heavy atom. The molecule has 0 N–H and O–H groups in total. The van der Waals surface area contributed by atoms with Gasteiger partial charge in [-0.25, -0.2) is 0 Å². The number of hydrogen-bond donors (Lipinski definition) is 0. The average Bonchev–Trinajstić information content (AvgIpc) is 2.84. The molecule has 0 aliphatic carbocycles. The molecular formula is C17H15F3O3. The topological polar surface area (TPSA) is 35.5 Å². The summed E-state index contributed by atoms with van der Waals surface area (Å²) in [5.74, 6) is 1.46. The van der Waals surface area contributed by atoms with E-state index in [1.807, 2.05) is 0 Å². The van der Waals surface area contributed by atoms with Crippen LogP contribution >= 0.6 is 0 Å². The molecule has 6 heteroatoms. The van der Waals surface area contributed by atoms with Crippen LogP contribution in [0.2, 0.25) is 0 Å². The monoisotopic (exact) mass is 324 g/mol. The van der Waals surface area contributed by atoms with Crippen molar-refractivity contribution in [3.05, 3.63) is 35.4 Å². The number of terminal acetylenes is 1. The SMILES string of the molecule is C#C[C@H]1O[C@]2(CCc3ccc(C(F)(F)F)cc3)CCC(=O)[C@@H]1O2. The third-order valence-corrected chi connectivity index (χ3v) is 4.27. The maximum absolute atomic E-state index is 12.5. The fourth-order valence-electron chi connectivity index (χ4n) is 2.98. The van der Waals surface area contributed by atoms with Gasteiger partial charge in [0.15, 0.2) is 23.8 Å². The standard InChI is InChI=1S/C17H15F3O3/c1-2-14-15-13(21)8-10-16(22-14,23-15)9-7-11-3-5-12(6-4-11)17(18,19)20/h1,3-6,14-15H,7-10H2/t14-,15+,16+/m1/s1. The largest absolute Gasteiger partial charge is 0.416 e. The van der Waals surface area contributed by atoms with Crippen molar-refractivity contribution in [3.8, 4) is 12.3 Å². The minimum atomic E-state index is -4.34. The second-order valence-corrected chi connectivity index (χ2v) is 5.82. The lowest BCUT2D eigenvalue weighted by atomic mass is 9.95. The fourth-order valence-corrected chi connectivity index (χ4v) is 2.98. The summed E-state index contributed by atoms with van der Waals surface area (Å²) in [4.78, 5) is 11.8. The van der Waals surface area contributed by atoms with Gasteiger partial charge in [-0.3, -0.25) is 4.79 Å². The second kappa shape index (κ2) is 5.66. The van der Waals surface area contributed by atoms with E-state index in [1.54, 1.807) is 0 Å². The zero-order valence-corrected chi connectivity index (χ0v) is 12.2. The predicted molar refractivity (Wildman–Crippen MR) is 75.3 cm³/mol. The number of benzene rings is 1. The van der Waals surface area contributed by atoms with Crippen molar-refractivity contribution in [3.63, 3.8) is 0 Å². The Hall–Kier alpha value is -1.84. The van der Waals surface area contributed by atoms with Crippen molar-refractivity contribution in [2.45, 2.75) is 49.9 Å². The van der Waals surface area contributed by atoms with Crippen molar-refractivity contribution < 1.29 is 27.4 Å². The lowest BCUT2D eigenvalue weighted by Gasteiger charge is -2.30. The summed E-state index contributed by atoms with van der Waals surface area (Å²) in [5, 5.41) is 0. The van der Waals surface area contributed by atoms with E-state index in [-0.39, 0.29) is 5.78 Å². The second-order valence-electron chi connectivity index (χ2n) is 5.82. The maximum Gasteiger partial charge on any atom is 0.416 e. The number of Topliss-reactive ketones (excluding diaryl/α,β-unsaturated/α-hetero) is 1.